The van der Waals surface area contributed by atoms with E-state index >= 15 is 0 Å². The van der Waals surface area contributed by atoms with Gasteiger partial charge in [-0.3, -0.25) is 9.69 Å². The van der Waals surface area contributed by atoms with Crippen molar-refractivity contribution in [2.45, 2.75) is 19.8 Å². The van der Waals surface area contributed by atoms with Crippen molar-refractivity contribution >= 4 is 23.4 Å². The van der Waals surface area contributed by atoms with Crippen LogP contribution in [0.25, 0.3) is 0 Å². The van der Waals surface area contributed by atoms with Crippen molar-refractivity contribution in [3.05, 3.63) is 24.3 Å². The Hall–Kier alpha value is -2.08. The lowest BCUT2D eigenvalue weighted by molar-refractivity contribution is -0.116. The molecule has 1 fully saturated rings. The van der Waals surface area contributed by atoms with Gasteiger partial charge in [-0.15, -0.1) is 0 Å². The molecule has 1 atom stereocenters. The summed E-state index contributed by atoms with van der Waals surface area (Å²) in [6.07, 6.45) is 0.852. The first-order chi connectivity index (χ1) is 10.1. The molecule has 0 aliphatic carbocycles. The fourth-order valence-corrected chi connectivity index (χ4v) is 2.10. The van der Waals surface area contributed by atoms with E-state index in [0.717, 1.165) is 12.1 Å². The van der Waals surface area contributed by atoms with E-state index < -0.39 is 0 Å². The number of nitrogens with zero attached hydrogens (tertiary/aromatic N) is 1. The van der Waals surface area contributed by atoms with Crippen LogP contribution in [-0.4, -0.2) is 31.7 Å². The number of nitrogens with one attached hydrogen (secondary N) is 1. The number of benzene rings is 1. The summed E-state index contributed by atoms with van der Waals surface area (Å²) in [7, 11) is 0. The Morgan fingerprint density at radius 2 is 2.33 bits per heavy atom. The third kappa shape index (κ3) is 4.19. The fourth-order valence-electron chi connectivity index (χ4n) is 2.10. The Morgan fingerprint density at radius 1 is 1.52 bits per heavy atom. The van der Waals surface area contributed by atoms with E-state index in [1.165, 1.54) is 0 Å². The number of nitrogens with two attached hydrogens (primary N) is 1. The number of carbonyl (C=O) groups is 2. The number of rotatable bonds is 6. The number of ether oxygens (including phenoxy) is 1. The Labute approximate surface area is 124 Å². The van der Waals surface area contributed by atoms with E-state index in [1.54, 1.807) is 23.1 Å². The van der Waals surface area contributed by atoms with E-state index in [1.807, 2.05) is 13.0 Å². The summed E-state index contributed by atoms with van der Waals surface area (Å²) in [6, 6.07) is 7.20. The Morgan fingerprint density at radius 3 is 3.00 bits per heavy atom. The summed E-state index contributed by atoms with van der Waals surface area (Å²) in [5.41, 5.74) is 6.94. The van der Waals surface area contributed by atoms with Crippen LogP contribution < -0.4 is 16.0 Å². The first-order valence-electron chi connectivity index (χ1n) is 7.14. The van der Waals surface area contributed by atoms with E-state index in [2.05, 4.69) is 5.32 Å². The minimum Gasteiger partial charge on any atom is -0.447 e. The molecule has 2 rings (SSSR count). The maximum atomic E-state index is 11.9. The molecular formula is C15H21N3O3. The van der Waals surface area contributed by atoms with Gasteiger partial charge in [-0.2, -0.15) is 0 Å². The van der Waals surface area contributed by atoms with Gasteiger partial charge in [-0.05, 0) is 37.1 Å². The SMILES string of the molecule is CC(CN)CCC(=O)Nc1cccc(N2CCOC2=O)c1. The van der Waals surface area contributed by atoms with Gasteiger partial charge in [-0.25, -0.2) is 4.79 Å². The molecule has 1 aliphatic heterocycles. The molecule has 6 nitrogen and oxygen atoms in total. The maximum absolute atomic E-state index is 11.9. The number of cyclic esters (lactones) is 1. The lowest BCUT2D eigenvalue weighted by atomic mass is 10.1. The highest BCUT2D eigenvalue weighted by Gasteiger charge is 2.23. The van der Waals surface area contributed by atoms with Crippen LogP contribution in [0.2, 0.25) is 0 Å². The van der Waals surface area contributed by atoms with E-state index in [9.17, 15) is 9.59 Å². The largest absolute Gasteiger partial charge is 0.447 e. The zero-order valence-corrected chi connectivity index (χ0v) is 12.2. The number of amides is 2. The molecule has 0 spiro atoms. The second-order valence-corrected chi connectivity index (χ2v) is 5.24. The highest BCUT2D eigenvalue weighted by atomic mass is 16.6. The molecule has 1 aromatic carbocycles. The van der Waals surface area contributed by atoms with Crippen molar-refractivity contribution in [3.63, 3.8) is 0 Å². The minimum atomic E-state index is -0.352. The molecule has 2 amide bonds. The van der Waals surface area contributed by atoms with Gasteiger partial charge < -0.3 is 15.8 Å². The molecule has 1 heterocycles. The van der Waals surface area contributed by atoms with Crippen LogP contribution in [-0.2, 0) is 9.53 Å². The third-order valence-corrected chi connectivity index (χ3v) is 3.47. The maximum Gasteiger partial charge on any atom is 0.414 e. The lowest BCUT2D eigenvalue weighted by Gasteiger charge is -2.14. The molecule has 21 heavy (non-hydrogen) atoms. The van der Waals surface area contributed by atoms with E-state index in [4.69, 9.17) is 10.5 Å². The van der Waals surface area contributed by atoms with Gasteiger partial charge in [0.05, 0.1) is 6.54 Å². The van der Waals surface area contributed by atoms with Crippen LogP contribution in [0.15, 0.2) is 24.3 Å². The van der Waals surface area contributed by atoms with Gasteiger partial charge in [0.25, 0.3) is 0 Å². The summed E-state index contributed by atoms with van der Waals surface area (Å²) in [4.78, 5) is 24.9. The van der Waals surface area contributed by atoms with Crippen molar-refractivity contribution in [1.29, 1.82) is 0 Å². The number of carbonyl (C=O) groups excluding carboxylic acids is 2. The first kappa shape index (κ1) is 15.3. The second-order valence-electron chi connectivity index (χ2n) is 5.24. The minimum absolute atomic E-state index is 0.0450. The third-order valence-electron chi connectivity index (χ3n) is 3.47. The van der Waals surface area contributed by atoms with Crippen LogP contribution in [0.1, 0.15) is 19.8 Å². The van der Waals surface area contributed by atoms with Crippen molar-refractivity contribution in [2.75, 3.05) is 29.9 Å². The smallest absolute Gasteiger partial charge is 0.414 e. The second kappa shape index (κ2) is 7.08. The van der Waals surface area contributed by atoms with Gasteiger partial charge in [-0.1, -0.05) is 13.0 Å². The van der Waals surface area contributed by atoms with Crippen LogP contribution >= 0.6 is 0 Å². The molecule has 1 saturated heterocycles. The Balaban J connectivity index is 1.94. The van der Waals surface area contributed by atoms with E-state index in [0.29, 0.717) is 37.7 Å². The predicted molar refractivity (Wildman–Crippen MR) is 81.2 cm³/mol. The highest BCUT2D eigenvalue weighted by Crippen LogP contribution is 2.22. The van der Waals surface area contributed by atoms with Crippen LogP contribution in [0.5, 0.6) is 0 Å². The average molecular weight is 291 g/mol. The predicted octanol–water partition coefficient (Wildman–Crippen LogP) is 1.96. The van der Waals surface area contributed by atoms with Crippen LogP contribution in [0, 0.1) is 5.92 Å². The molecule has 0 saturated carbocycles. The standard InChI is InChI=1S/C15H21N3O3/c1-11(10-16)5-6-14(19)17-12-3-2-4-13(9-12)18-7-8-21-15(18)20/h2-4,9,11H,5-8,10,16H2,1H3,(H,17,19). The molecule has 114 valence electrons. The molecule has 1 aliphatic rings. The molecule has 0 aromatic heterocycles. The molecule has 0 bridgehead atoms. The average Bonchev–Trinajstić information content (AvgIpc) is 2.91. The molecule has 1 unspecified atom stereocenters. The monoisotopic (exact) mass is 291 g/mol. The van der Waals surface area contributed by atoms with Crippen molar-refractivity contribution in [1.82, 2.24) is 0 Å². The molecule has 3 N–H and O–H groups in total. The van der Waals surface area contributed by atoms with Crippen molar-refractivity contribution < 1.29 is 14.3 Å². The summed E-state index contributed by atoms with van der Waals surface area (Å²) in [6.45, 7) is 3.53. The summed E-state index contributed by atoms with van der Waals surface area (Å²) in [5, 5.41) is 2.84. The Kier molecular flexibility index (Phi) is 5.16. The summed E-state index contributed by atoms with van der Waals surface area (Å²) in [5.74, 6) is 0.290. The summed E-state index contributed by atoms with van der Waals surface area (Å²) < 4.78 is 4.91. The van der Waals surface area contributed by atoms with Crippen molar-refractivity contribution in [3.8, 4) is 0 Å². The normalized spacial score (nSPS) is 15.7. The molecule has 6 heteroatoms. The zero-order chi connectivity index (χ0) is 15.2. The fraction of sp³-hybridized carbons (Fsp3) is 0.467. The number of anilines is 2. The summed E-state index contributed by atoms with van der Waals surface area (Å²) >= 11 is 0. The van der Waals surface area contributed by atoms with Gasteiger partial charge in [0.2, 0.25) is 5.91 Å². The molecular weight excluding hydrogens is 270 g/mol. The van der Waals surface area contributed by atoms with Gasteiger partial charge in [0.1, 0.15) is 6.61 Å². The van der Waals surface area contributed by atoms with Crippen LogP contribution in [0.4, 0.5) is 16.2 Å². The highest BCUT2D eigenvalue weighted by molar-refractivity contribution is 5.93. The lowest BCUT2D eigenvalue weighted by Crippen LogP contribution is -2.23. The zero-order valence-electron chi connectivity index (χ0n) is 12.2. The van der Waals surface area contributed by atoms with Crippen molar-refractivity contribution in [2.24, 2.45) is 11.7 Å². The topological polar surface area (TPSA) is 84.7 Å². The molecule has 1 aromatic rings. The number of hydrogen-bond donors (Lipinski definition) is 2. The Bertz CT molecular complexity index is 519. The number of hydrogen-bond acceptors (Lipinski definition) is 4. The van der Waals surface area contributed by atoms with Gasteiger partial charge in [0.15, 0.2) is 0 Å². The van der Waals surface area contributed by atoms with E-state index in [-0.39, 0.29) is 12.0 Å². The van der Waals surface area contributed by atoms with Crippen LogP contribution in [0.3, 0.4) is 0 Å². The van der Waals surface area contributed by atoms with Gasteiger partial charge >= 0.3 is 6.09 Å². The molecule has 0 radical (unpaired) electrons. The first-order valence-corrected chi connectivity index (χ1v) is 7.14. The van der Waals surface area contributed by atoms with Gasteiger partial charge in [0, 0.05) is 17.8 Å². The quantitative estimate of drug-likeness (QED) is 0.839.